The topological polar surface area (TPSA) is 24.9 Å². The summed E-state index contributed by atoms with van der Waals surface area (Å²) < 4.78 is 0. The van der Waals surface area contributed by atoms with Crippen LogP contribution in [0.4, 0.5) is 0 Å². The van der Waals surface area contributed by atoms with Crippen molar-refractivity contribution in [1.82, 2.24) is 10.3 Å². The van der Waals surface area contributed by atoms with Crippen molar-refractivity contribution >= 4 is 11.3 Å². The molecule has 0 bridgehead atoms. The lowest BCUT2D eigenvalue weighted by molar-refractivity contribution is 0.453. The van der Waals surface area contributed by atoms with Crippen molar-refractivity contribution < 1.29 is 0 Å². The first kappa shape index (κ1) is 12.7. The molecule has 86 valence electrons. The van der Waals surface area contributed by atoms with E-state index in [1.165, 1.54) is 17.7 Å². The van der Waals surface area contributed by atoms with Crippen LogP contribution in [0.15, 0.2) is 6.20 Å². The van der Waals surface area contributed by atoms with Crippen LogP contribution >= 0.6 is 11.3 Å². The first-order chi connectivity index (χ1) is 7.13. The summed E-state index contributed by atoms with van der Waals surface area (Å²) in [5.74, 6) is 0.778. The van der Waals surface area contributed by atoms with E-state index in [1.54, 1.807) is 0 Å². The maximum Gasteiger partial charge on any atom is 0.0897 e. The minimum absolute atomic E-state index is 0.503. The van der Waals surface area contributed by atoms with Crippen LogP contribution in [0.1, 0.15) is 49.5 Å². The monoisotopic (exact) mass is 226 g/mol. The maximum absolute atomic E-state index is 4.33. The highest BCUT2D eigenvalue weighted by Gasteiger charge is 2.13. The maximum atomic E-state index is 4.33. The Bertz CT molecular complexity index is 281. The Hall–Kier alpha value is -0.410. The SMILES string of the molecule is CCNC(CCC(C)C)c1cnc(C)s1. The molecule has 0 fully saturated rings. The van der Waals surface area contributed by atoms with Crippen LogP contribution in [0, 0.1) is 12.8 Å². The van der Waals surface area contributed by atoms with Gasteiger partial charge in [0, 0.05) is 17.1 Å². The predicted molar refractivity (Wildman–Crippen MR) is 67.3 cm³/mol. The molecule has 0 radical (unpaired) electrons. The van der Waals surface area contributed by atoms with Crippen molar-refractivity contribution in [3.05, 3.63) is 16.1 Å². The second-order valence-corrected chi connectivity index (χ2v) is 5.63. The molecule has 1 aromatic rings. The molecule has 2 nitrogen and oxygen atoms in total. The smallest absolute Gasteiger partial charge is 0.0897 e. The van der Waals surface area contributed by atoms with Gasteiger partial charge in [-0.15, -0.1) is 11.3 Å². The van der Waals surface area contributed by atoms with Gasteiger partial charge >= 0.3 is 0 Å². The summed E-state index contributed by atoms with van der Waals surface area (Å²) in [5.41, 5.74) is 0. The van der Waals surface area contributed by atoms with Crippen LogP contribution in [-0.2, 0) is 0 Å². The number of hydrogen-bond acceptors (Lipinski definition) is 3. The van der Waals surface area contributed by atoms with Gasteiger partial charge in [-0.3, -0.25) is 0 Å². The van der Waals surface area contributed by atoms with Gasteiger partial charge in [-0.25, -0.2) is 4.98 Å². The second-order valence-electron chi connectivity index (χ2n) is 4.36. The fourth-order valence-electron chi connectivity index (χ4n) is 1.63. The van der Waals surface area contributed by atoms with E-state index in [0.717, 1.165) is 17.5 Å². The van der Waals surface area contributed by atoms with E-state index in [4.69, 9.17) is 0 Å². The van der Waals surface area contributed by atoms with Gasteiger partial charge in [0.05, 0.1) is 5.01 Å². The highest BCUT2D eigenvalue weighted by atomic mass is 32.1. The van der Waals surface area contributed by atoms with E-state index >= 15 is 0 Å². The molecule has 15 heavy (non-hydrogen) atoms. The zero-order chi connectivity index (χ0) is 11.3. The Morgan fingerprint density at radius 2 is 2.13 bits per heavy atom. The van der Waals surface area contributed by atoms with E-state index in [0.29, 0.717) is 6.04 Å². The predicted octanol–water partition coefficient (Wildman–Crippen LogP) is 3.54. The lowest BCUT2D eigenvalue weighted by Crippen LogP contribution is -2.20. The minimum atomic E-state index is 0.503. The molecule has 1 rings (SSSR count). The standard InChI is InChI=1S/C12H22N2S/c1-5-13-11(7-6-9(2)3)12-8-14-10(4)15-12/h8-9,11,13H,5-7H2,1-4H3. The number of thiazole rings is 1. The Kier molecular flexibility index (Phi) is 5.26. The summed E-state index contributed by atoms with van der Waals surface area (Å²) in [4.78, 5) is 5.71. The molecule has 0 amide bonds. The summed E-state index contributed by atoms with van der Waals surface area (Å²) in [7, 11) is 0. The van der Waals surface area contributed by atoms with Crippen LogP contribution in [0.2, 0.25) is 0 Å². The van der Waals surface area contributed by atoms with E-state index in [2.05, 4.69) is 38.0 Å². The van der Waals surface area contributed by atoms with Crippen LogP contribution in [0.5, 0.6) is 0 Å². The van der Waals surface area contributed by atoms with Gasteiger partial charge in [0.1, 0.15) is 0 Å². The fourth-order valence-corrected chi connectivity index (χ4v) is 2.53. The Labute approximate surface area is 97.1 Å². The second kappa shape index (κ2) is 6.23. The van der Waals surface area contributed by atoms with Crippen molar-refractivity contribution in [1.29, 1.82) is 0 Å². The molecule has 0 spiro atoms. The van der Waals surface area contributed by atoms with Gasteiger partial charge in [0.2, 0.25) is 0 Å². The van der Waals surface area contributed by atoms with Gasteiger partial charge in [0.25, 0.3) is 0 Å². The molecular weight excluding hydrogens is 204 g/mol. The molecular formula is C12H22N2S. The number of nitrogens with one attached hydrogen (secondary N) is 1. The first-order valence-corrected chi connectivity index (χ1v) is 6.60. The largest absolute Gasteiger partial charge is 0.309 e. The normalized spacial score (nSPS) is 13.4. The van der Waals surface area contributed by atoms with E-state index in [9.17, 15) is 0 Å². The van der Waals surface area contributed by atoms with Crippen LogP contribution in [0.3, 0.4) is 0 Å². The Morgan fingerprint density at radius 3 is 2.60 bits per heavy atom. The third kappa shape index (κ3) is 4.31. The van der Waals surface area contributed by atoms with Crippen LogP contribution in [0.25, 0.3) is 0 Å². The van der Waals surface area contributed by atoms with Crippen molar-refractivity contribution in [2.75, 3.05) is 6.54 Å². The highest BCUT2D eigenvalue weighted by Crippen LogP contribution is 2.25. The molecule has 1 heterocycles. The quantitative estimate of drug-likeness (QED) is 0.802. The molecule has 0 saturated heterocycles. The number of rotatable bonds is 6. The summed E-state index contributed by atoms with van der Waals surface area (Å²) in [6.45, 7) is 9.82. The van der Waals surface area contributed by atoms with E-state index in [1.807, 2.05) is 17.5 Å². The fraction of sp³-hybridized carbons (Fsp3) is 0.750. The molecule has 0 aliphatic carbocycles. The number of aryl methyl sites for hydroxylation is 1. The first-order valence-electron chi connectivity index (χ1n) is 5.79. The average molecular weight is 226 g/mol. The average Bonchev–Trinajstić information content (AvgIpc) is 2.59. The van der Waals surface area contributed by atoms with Crippen molar-refractivity contribution in [3.8, 4) is 0 Å². The lowest BCUT2D eigenvalue weighted by atomic mass is 10.0. The molecule has 1 atom stereocenters. The van der Waals surface area contributed by atoms with E-state index in [-0.39, 0.29) is 0 Å². The van der Waals surface area contributed by atoms with Gasteiger partial charge < -0.3 is 5.32 Å². The van der Waals surface area contributed by atoms with Gasteiger partial charge in [0.15, 0.2) is 0 Å². The molecule has 0 aliphatic heterocycles. The minimum Gasteiger partial charge on any atom is -0.309 e. The summed E-state index contributed by atoms with van der Waals surface area (Å²) >= 11 is 1.81. The van der Waals surface area contributed by atoms with Gasteiger partial charge in [-0.05, 0) is 32.2 Å². The van der Waals surface area contributed by atoms with Crippen molar-refractivity contribution in [2.24, 2.45) is 5.92 Å². The van der Waals surface area contributed by atoms with Crippen molar-refractivity contribution in [2.45, 2.75) is 46.6 Å². The van der Waals surface area contributed by atoms with E-state index < -0.39 is 0 Å². The molecule has 0 aromatic carbocycles. The summed E-state index contributed by atoms with van der Waals surface area (Å²) in [6, 6.07) is 0.503. The zero-order valence-electron chi connectivity index (χ0n) is 10.2. The molecule has 1 N–H and O–H groups in total. The highest BCUT2D eigenvalue weighted by molar-refractivity contribution is 7.11. The number of nitrogens with zero attached hydrogens (tertiary/aromatic N) is 1. The number of aromatic nitrogens is 1. The Balaban J connectivity index is 2.57. The van der Waals surface area contributed by atoms with Crippen LogP contribution < -0.4 is 5.32 Å². The summed E-state index contributed by atoms with van der Waals surface area (Å²) in [5, 5.41) is 4.70. The molecule has 0 saturated carbocycles. The van der Waals surface area contributed by atoms with Crippen molar-refractivity contribution in [3.63, 3.8) is 0 Å². The molecule has 0 aliphatic rings. The third-order valence-electron chi connectivity index (χ3n) is 2.47. The molecule has 3 heteroatoms. The van der Waals surface area contributed by atoms with Crippen LogP contribution in [-0.4, -0.2) is 11.5 Å². The van der Waals surface area contributed by atoms with Gasteiger partial charge in [-0.2, -0.15) is 0 Å². The van der Waals surface area contributed by atoms with Gasteiger partial charge in [-0.1, -0.05) is 20.8 Å². The Morgan fingerprint density at radius 1 is 1.40 bits per heavy atom. The lowest BCUT2D eigenvalue weighted by Gasteiger charge is -2.16. The number of hydrogen-bond donors (Lipinski definition) is 1. The zero-order valence-corrected chi connectivity index (χ0v) is 11.0. The third-order valence-corrected chi connectivity index (χ3v) is 3.49. The molecule has 1 unspecified atom stereocenters. The molecule has 1 aromatic heterocycles. The summed E-state index contributed by atoms with van der Waals surface area (Å²) in [6.07, 6.45) is 4.51.